The third kappa shape index (κ3) is 7.20. The molecule has 1 saturated carbocycles. The van der Waals surface area contributed by atoms with Gasteiger partial charge in [0, 0.05) is 12.1 Å². The lowest BCUT2D eigenvalue weighted by atomic mass is 9.81. The molecule has 0 spiro atoms. The highest BCUT2D eigenvalue weighted by molar-refractivity contribution is 6.40. The second kappa shape index (κ2) is 11.4. The number of hydrogen-bond acceptors (Lipinski definition) is 6. The summed E-state index contributed by atoms with van der Waals surface area (Å²) in [6, 6.07) is 9.68. The Morgan fingerprint density at radius 3 is 2.59 bits per heavy atom. The van der Waals surface area contributed by atoms with Crippen LogP contribution < -0.4 is 11.1 Å². The van der Waals surface area contributed by atoms with Gasteiger partial charge < -0.3 is 21.1 Å². The van der Waals surface area contributed by atoms with Crippen LogP contribution in [0, 0.1) is 11.8 Å². The minimum absolute atomic E-state index is 0.250. The van der Waals surface area contributed by atoms with Crippen molar-refractivity contribution < 1.29 is 19.6 Å². The molecule has 0 radical (unpaired) electrons. The van der Waals surface area contributed by atoms with Crippen LogP contribution in [0.2, 0.25) is 6.32 Å². The molecule has 1 unspecified atom stereocenters. The van der Waals surface area contributed by atoms with Crippen molar-refractivity contribution >= 4 is 13.3 Å². The molecule has 4 atom stereocenters. The monoisotopic (exact) mass is 374 g/mol. The molecule has 0 amide bonds. The van der Waals surface area contributed by atoms with Gasteiger partial charge in [0.1, 0.15) is 0 Å². The van der Waals surface area contributed by atoms with Crippen LogP contribution in [0.5, 0.6) is 0 Å². The zero-order chi connectivity index (χ0) is 19.6. The summed E-state index contributed by atoms with van der Waals surface area (Å²) in [6.07, 6.45) is 8.43. The highest BCUT2D eigenvalue weighted by Crippen LogP contribution is 2.33. The first kappa shape index (κ1) is 21.8. The highest BCUT2D eigenvalue weighted by atomic mass is 16.4. The number of nitrogens with two attached hydrogens (primary N) is 1. The van der Waals surface area contributed by atoms with Crippen LogP contribution in [0.1, 0.15) is 43.2 Å². The van der Waals surface area contributed by atoms with E-state index < -0.39 is 7.12 Å². The molecule has 148 valence electrons. The smallest absolute Gasteiger partial charge is 0.427 e. The van der Waals surface area contributed by atoms with Crippen molar-refractivity contribution in [1.82, 2.24) is 5.32 Å². The van der Waals surface area contributed by atoms with Crippen molar-refractivity contribution in [3.05, 3.63) is 35.4 Å². The van der Waals surface area contributed by atoms with Crippen LogP contribution in [0.4, 0.5) is 0 Å². The summed E-state index contributed by atoms with van der Waals surface area (Å²) in [7, 11) is -1.17. The minimum Gasteiger partial charge on any atom is -0.427 e. The van der Waals surface area contributed by atoms with Gasteiger partial charge in [0.25, 0.3) is 0 Å². The van der Waals surface area contributed by atoms with Crippen LogP contribution >= 0.6 is 0 Å². The number of fused-ring (bicyclic) bond motifs is 1. The lowest BCUT2D eigenvalue weighted by Gasteiger charge is -2.26. The van der Waals surface area contributed by atoms with E-state index in [1.807, 2.05) is 0 Å². The summed E-state index contributed by atoms with van der Waals surface area (Å²) in [4.78, 5) is 16.2. The summed E-state index contributed by atoms with van der Waals surface area (Å²) in [5.41, 5.74) is 9.33. The zero-order valence-electron chi connectivity index (χ0n) is 15.8. The predicted octanol–water partition coefficient (Wildman–Crippen LogP) is 1.16. The molecule has 1 aromatic carbocycles. The molecule has 0 saturated heterocycles. The maximum atomic E-state index is 8.96. The summed E-state index contributed by atoms with van der Waals surface area (Å²) in [5.74, 6) is 1.21. The zero-order valence-corrected chi connectivity index (χ0v) is 15.8. The Balaban J connectivity index is 0.000000817. The van der Waals surface area contributed by atoms with E-state index in [1.54, 1.807) is 0 Å². The van der Waals surface area contributed by atoms with Crippen molar-refractivity contribution in [2.75, 3.05) is 6.54 Å². The van der Waals surface area contributed by atoms with E-state index >= 15 is 0 Å². The van der Waals surface area contributed by atoms with Gasteiger partial charge >= 0.3 is 13.3 Å². The van der Waals surface area contributed by atoms with Crippen LogP contribution in [-0.4, -0.2) is 41.9 Å². The summed E-state index contributed by atoms with van der Waals surface area (Å²) < 4.78 is 0. The number of hydrogen-bond donors (Lipinski definition) is 4. The van der Waals surface area contributed by atoms with Gasteiger partial charge in [-0.15, -0.1) is 0 Å². The predicted molar refractivity (Wildman–Crippen MR) is 104 cm³/mol. The van der Waals surface area contributed by atoms with Crippen molar-refractivity contribution in [2.45, 2.75) is 63.3 Å². The van der Waals surface area contributed by atoms with E-state index in [2.05, 4.69) is 29.6 Å². The van der Waals surface area contributed by atoms with Gasteiger partial charge in [0.15, 0.2) is 0 Å². The van der Waals surface area contributed by atoms with Gasteiger partial charge in [0.05, 0.1) is 0 Å². The molecule has 6 nitrogen and oxygen atoms in total. The van der Waals surface area contributed by atoms with Crippen molar-refractivity contribution in [2.24, 2.45) is 17.6 Å². The van der Waals surface area contributed by atoms with Crippen LogP contribution in [0.25, 0.3) is 0 Å². The van der Waals surface area contributed by atoms with Crippen molar-refractivity contribution in [3.63, 3.8) is 0 Å². The fraction of sp³-hybridized carbons (Fsp3) is 0.650. The Morgan fingerprint density at radius 1 is 1.19 bits per heavy atom. The number of nitrogens with one attached hydrogen (secondary N) is 1. The van der Waals surface area contributed by atoms with E-state index in [4.69, 9.17) is 25.4 Å². The molecule has 2 aliphatic rings. The first-order chi connectivity index (χ1) is 13.0. The molecular weight excluding hydrogens is 343 g/mol. The first-order valence-electron chi connectivity index (χ1n) is 9.94. The van der Waals surface area contributed by atoms with E-state index in [0.717, 1.165) is 32.2 Å². The summed E-state index contributed by atoms with van der Waals surface area (Å²) in [6.45, 7) is 1.07. The molecule has 27 heavy (non-hydrogen) atoms. The maximum absolute atomic E-state index is 8.96. The molecule has 0 heterocycles. The fourth-order valence-electron chi connectivity index (χ4n) is 4.54. The van der Waals surface area contributed by atoms with Gasteiger partial charge in [0.2, 0.25) is 0 Å². The van der Waals surface area contributed by atoms with Crippen molar-refractivity contribution in [3.8, 4) is 0 Å². The third-order valence-corrected chi connectivity index (χ3v) is 5.93. The molecule has 1 aromatic rings. The number of benzene rings is 1. The molecule has 0 aliphatic heterocycles. The normalized spacial score (nSPS) is 26.5. The Kier molecular flexibility index (Phi) is 9.18. The van der Waals surface area contributed by atoms with Gasteiger partial charge in [-0.2, -0.15) is 9.59 Å². The van der Waals surface area contributed by atoms with Gasteiger partial charge in [-0.05, 0) is 74.4 Å². The molecule has 1 fully saturated rings. The van der Waals surface area contributed by atoms with Gasteiger partial charge in [-0.3, -0.25) is 0 Å². The quantitative estimate of drug-likeness (QED) is 0.533. The second-order valence-corrected chi connectivity index (χ2v) is 7.87. The second-order valence-electron chi connectivity index (χ2n) is 7.87. The topological polar surface area (TPSA) is 113 Å². The highest BCUT2D eigenvalue weighted by Gasteiger charge is 2.32. The lowest BCUT2D eigenvalue weighted by molar-refractivity contribution is -0.191. The first-order valence-corrected chi connectivity index (χ1v) is 9.94. The Bertz CT molecular complexity index is 607. The van der Waals surface area contributed by atoms with E-state index in [0.29, 0.717) is 24.2 Å². The Labute approximate surface area is 161 Å². The Morgan fingerprint density at radius 2 is 1.89 bits per heavy atom. The molecule has 5 N–H and O–H groups in total. The van der Waals surface area contributed by atoms with Crippen LogP contribution in [-0.2, 0) is 22.4 Å². The van der Waals surface area contributed by atoms with Crippen molar-refractivity contribution in [1.29, 1.82) is 0 Å². The average Bonchev–Trinajstić information content (AvgIpc) is 3.00. The van der Waals surface area contributed by atoms with Gasteiger partial charge in [-0.1, -0.05) is 30.7 Å². The SMILES string of the molecule is N[C@H]1C[C@@H](CNC2CCc3ccccc3C2)C[C@@H]1CCCB(O)O.O=C=O. The van der Waals surface area contributed by atoms with E-state index in [9.17, 15) is 0 Å². The molecule has 3 rings (SSSR count). The molecule has 2 aliphatic carbocycles. The van der Waals surface area contributed by atoms with Gasteiger partial charge in [-0.25, -0.2) is 0 Å². The summed E-state index contributed by atoms with van der Waals surface area (Å²) in [5, 5.41) is 21.7. The third-order valence-electron chi connectivity index (χ3n) is 5.93. The van der Waals surface area contributed by atoms with E-state index in [1.165, 1.54) is 30.4 Å². The lowest BCUT2D eigenvalue weighted by Crippen LogP contribution is -2.37. The summed E-state index contributed by atoms with van der Waals surface area (Å²) >= 11 is 0. The fourth-order valence-corrected chi connectivity index (χ4v) is 4.54. The molecule has 0 bridgehead atoms. The Hall–Kier alpha value is -1.50. The number of carbonyl (C=O) groups excluding carboxylic acids is 2. The van der Waals surface area contributed by atoms with E-state index in [-0.39, 0.29) is 12.2 Å². The van der Waals surface area contributed by atoms with Crippen LogP contribution in [0.3, 0.4) is 0 Å². The number of rotatable bonds is 7. The standard InChI is InChI=1S/C19H31BN2O2.CO2/c21-19-11-14(10-17(19)6-3-9-20(23)24)13-22-18-8-7-15-4-1-2-5-16(15)12-18;2-1-3/h1-2,4-5,14,17-19,22-24H,3,6-13,21H2;/t14-,17-,18?,19-;/m0./s1. The minimum atomic E-state index is -1.17. The average molecular weight is 374 g/mol. The molecule has 7 heteroatoms. The number of aryl methyl sites for hydroxylation is 1. The maximum Gasteiger partial charge on any atom is 0.451 e. The van der Waals surface area contributed by atoms with Crippen LogP contribution in [0.15, 0.2) is 24.3 Å². The largest absolute Gasteiger partial charge is 0.451 e. The molecule has 0 aromatic heterocycles. The molecular formula is C20H31BN2O4.